The molecule has 1 aliphatic carbocycles. The first-order chi connectivity index (χ1) is 18.6. The highest BCUT2D eigenvalue weighted by atomic mass is 16.5. The molecule has 3 rings (SSSR count). The second kappa shape index (κ2) is 17.0. The molecule has 0 spiro atoms. The maximum atomic E-state index is 12.6. The molecule has 0 aliphatic heterocycles. The zero-order valence-corrected chi connectivity index (χ0v) is 23.8. The molecule has 0 aromatic heterocycles. The molecule has 0 heterocycles. The van der Waals surface area contributed by atoms with Crippen molar-refractivity contribution in [1.82, 2.24) is 0 Å². The van der Waals surface area contributed by atoms with Crippen LogP contribution in [0.25, 0.3) is 0 Å². The van der Waals surface area contributed by atoms with Gasteiger partial charge >= 0.3 is 5.97 Å². The Bertz CT molecular complexity index is 939. The minimum absolute atomic E-state index is 0.375. The summed E-state index contributed by atoms with van der Waals surface area (Å²) in [4.78, 5) is 12.6. The number of carbonyl (C=O) groups is 1. The zero-order valence-electron chi connectivity index (χ0n) is 23.8. The summed E-state index contributed by atoms with van der Waals surface area (Å²) in [5.74, 6) is 3.91. The molecule has 1 unspecified atom stereocenters. The van der Waals surface area contributed by atoms with Crippen molar-refractivity contribution in [2.24, 2.45) is 17.8 Å². The van der Waals surface area contributed by atoms with Gasteiger partial charge in [0.25, 0.3) is 0 Å². The Hall–Kier alpha value is -2.75. The number of hydrogen-bond acceptors (Lipinski definition) is 4. The molecule has 0 radical (unpaired) electrons. The molecule has 208 valence electrons. The van der Waals surface area contributed by atoms with Gasteiger partial charge in [-0.15, -0.1) is 0 Å². The van der Waals surface area contributed by atoms with Gasteiger partial charge in [-0.25, -0.2) is 4.79 Å². The van der Waals surface area contributed by atoms with Gasteiger partial charge in [-0.1, -0.05) is 65.0 Å². The molecule has 4 heteroatoms. The van der Waals surface area contributed by atoms with Crippen LogP contribution in [0.2, 0.25) is 0 Å². The SMILES string of the molecule is CCCC=CC1CCC(COc2ccc(OC(=O)c3ccc(OCCCCCC(C)CC)cc3)cc2)CC1. The molecule has 0 N–H and O–H groups in total. The van der Waals surface area contributed by atoms with Crippen molar-refractivity contribution < 1.29 is 19.0 Å². The highest BCUT2D eigenvalue weighted by Gasteiger charge is 2.20. The highest BCUT2D eigenvalue weighted by molar-refractivity contribution is 5.91. The fourth-order valence-electron chi connectivity index (χ4n) is 4.84. The number of benzene rings is 2. The summed E-state index contributed by atoms with van der Waals surface area (Å²) < 4.78 is 17.4. The van der Waals surface area contributed by atoms with Crippen LogP contribution in [-0.4, -0.2) is 19.2 Å². The molecule has 0 amide bonds. The van der Waals surface area contributed by atoms with E-state index >= 15 is 0 Å². The van der Waals surface area contributed by atoms with Crippen molar-refractivity contribution in [1.29, 1.82) is 0 Å². The van der Waals surface area contributed by atoms with Gasteiger partial charge in [-0.2, -0.15) is 0 Å². The van der Waals surface area contributed by atoms with Gasteiger partial charge in [-0.05, 0) is 105 Å². The fraction of sp³-hybridized carbons (Fsp3) is 0.559. The van der Waals surface area contributed by atoms with Crippen LogP contribution in [-0.2, 0) is 0 Å². The van der Waals surface area contributed by atoms with Crippen LogP contribution in [0, 0.1) is 17.8 Å². The van der Waals surface area contributed by atoms with Gasteiger partial charge in [0.2, 0.25) is 0 Å². The predicted molar refractivity (Wildman–Crippen MR) is 156 cm³/mol. The molecule has 2 aromatic rings. The second-order valence-corrected chi connectivity index (χ2v) is 10.9. The van der Waals surface area contributed by atoms with Crippen LogP contribution >= 0.6 is 0 Å². The minimum Gasteiger partial charge on any atom is -0.494 e. The fourth-order valence-corrected chi connectivity index (χ4v) is 4.84. The van der Waals surface area contributed by atoms with E-state index in [-0.39, 0.29) is 5.97 Å². The highest BCUT2D eigenvalue weighted by Crippen LogP contribution is 2.30. The van der Waals surface area contributed by atoms with Crippen LogP contribution in [0.3, 0.4) is 0 Å². The quantitative estimate of drug-likeness (QED) is 0.0957. The molecule has 0 bridgehead atoms. The van der Waals surface area contributed by atoms with Crippen LogP contribution in [0.15, 0.2) is 60.7 Å². The molecule has 1 saturated carbocycles. The van der Waals surface area contributed by atoms with Gasteiger partial charge in [0.05, 0.1) is 18.8 Å². The minimum atomic E-state index is -0.375. The van der Waals surface area contributed by atoms with Gasteiger partial charge < -0.3 is 14.2 Å². The summed E-state index contributed by atoms with van der Waals surface area (Å²) in [5.41, 5.74) is 0.506. The summed E-state index contributed by atoms with van der Waals surface area (Å²) in [6, 6.07) is 14.5. The topological polar surface area (TPSA) is 44.8 Å². The Balaban J connectivity index is 1.33. The Morgan fingerprint density at radius 1 is 0.868 bits per heavy atom. The summed E-state index contributed by atoms with van der Waals surface area (Å²) in [6.07, 6.45) is 18.2. The lowest BCUT2D eigenvalue weighted by molar-refractivity contribution is 0.0734. The number of unbranched alkanes of at least 4 members (excludes halogenated alkanes) is 3. The van der Waals surface area contributed by atoms with Crippen molar-refractivity contribution in [3.63, 3.8) is 0 Å². The molecular weight excluding hydrogens is 472 g/mol. The molecule has 2 aromatic carbocycles. The van der Waals surface area contributed by atoms with Crippen LogP contribution in [0.4, 0.5) is 0 Å². The van der Waals surface area contributed by atoms with E-state index in [9.17, 15) is 4.79 Å². The molecule has 1 fully saturated rings. The zero-order chi connectivity index (χ0) is 27.0. The Morgan fingerprint density at radius 3 is 2.21 bits per heavy atom. The third kappa shape index (κ3) is 10.9. The normalized spacial score (nSPS) is 18.3. The van der Waals surface area contributed by atoms with E-state index < -0.39 is 0 Å². The van der Waals surface area contributed by atoms with Crippen LogP contribution < -0.4 is 14.2 Å². The van der Waals surface area contributed by atoms with Crippen molar-refractivity contribution in [3.8, 4) is 17.2 Å². The van der Waals surface area contributed by atoms with Gasteiger partial charge in [0.1, 0.15) is 17.2 Å². The summed E-state index contributed by atoms with van der Waals surface area (Å²) in [5, 5.41) is 0. The van der Waals surface area contributed by atoms with E-state index in [2.05, 4.69) is 32.9 Å². The number of rotatable bonds is 16. The standard InChI is InChI=1S/C34H48O4/c1-4-6-8-12-28-13-15-29(16-14-28)26-37-32-21-23-33(24-22-32)38-34(35)30-17-19-31(20-18-30)36-25-10-7-9-11-27(3)5-2/h8,12,17-24,27-29H,4-7,9-11,13-16,25-26H2,1-3H3. The van der Waals surface area contributed by atoms with Crippen molar-refractivity contribution in [2.45, 2.75) is 91.4 Å². The lowest BCUT2D eigenvalue weighted by atomic mass is 9.82. The van der Waals surface area contributed by atoms with Crippen molar-refractivity contribution in [2.75, 3.05) is 13.2 Å². The van der Waals surface area contributed by atoms with E-state index in [1.54, 1.807) is 24.3 Å². The maximum absolute atomic E-state index is 12.6. The van der Waals surface area contributed by atoms with E-state index in [0.717, 1.165) is 36.4 Å². The van der Waals surface area contributed by atoms with E-state index in [0.29, 0.717) is 23.8 Å². The van der Waals surface area contributed by atoms with Crippen LogP contribution in [0.5, 0.6) is 17.2 Å². The molecule has 1 aliphatic rings. The molecule has 4 nitrogen and oxygen atoms in total. The third-order valence-corrected chi connectivity index (χ3v) is 7.67. The Labute approximate surface area is 230 Å². The summed E-state index contributed by atoms with van der Waals surface area (Å²) in [6.45, 7) is 8.24. The summed E-state index contributed by atoms with van der Waals surface area (Å²) in [7, 11) is 0. The van der Waals surface area contributed by atoms with E-state index in [1.807, 2.05) is 24.3 Å². The number of ether oxygens (including phenoxy) is 3. The first-order valence-corrected chi connectivity index (χ1v) is 14.9. The lowest BCUT2D eigenvalue weighted by Gasteiger charge is -2.26. The van der Waals surface area contributed by atoms with Crippen molar-refractivity contribution >= 4 is 5.97 Å². The average Bonchev–Trinajstić information content (AvgIpc) is 2.95. The van der Waals surface area contributed by atoms with E-state index in [4.69, 9.17) is 14.2 Å². The number of carbonyl (C=O) groups excluding carboxylic acids is 1. The Kier molecular flexibility index (Phi) is 13.3. The largest absolute Gasteiger partial charge is 0.494 e. The Morgan fingerprint density at radius 2 is 1.53 bits per heavy atom. The average molecular weight is 521 g/mol. The smallest absolute Gasteiger partial charge is 0.343 e. The second-order valence-electron chi connectivity index (χ2n) is 10.9. The first kappa shape index (κ1) is 29.8. The first-order valence-electron chi connectivity index (χ1n) is 14.9. The number of hydrogen-bond donors (Lipinski definition) is 0. The maximum Gasteiger partial charge on any atom is 0.343 e. The number of allylic oxidation sites excluding steroid dienone is 2. The number of esters is 1. The van der Waals surface area contributed by atoms with Crippen molar-refractivity contribution in [3.05, 3.63) is 66.2 Å². The van der Waals surface area contributed by atoms with E-state index in [1.165, 1.54) is 64.2 Å². The third-order valence-electron chi connectivity index (χ3n) is 7.67. The van der Waals surface area contributed by atoms with Gasteiger partial charge in [0, 0.05) is 0 Å². The molecular formula is C34H48O4. The molecule has 1 atom stereocenters. The van der Waals surface area contributed by atoms with Gasteiger partial charge in [0.15, 0.2) is 0 Å². The lowest BCUT2D eigenvalue weighted by Crippen LogP contribution is -2.19. The van der Waals surface area contributed by atoms with Gasteiger partial charge in [-0.3, -0.25) is 0 Å². The summed E-state index contributed by atoms with van der Waals surface area (Å²) >= 11 is 0. The molecule has 38 heavy (non-hydrogen) atoms. The predicted octanol–water partition coefficient (Wildman–Crippen LogP) is 9.43. The van der Waals surface area contributed by atoms with Crippen LogP contribution in [0.1, 0.15) is 102 Å². The monoisotopic (exact) mass is 520 g/mol. The molecule has 0 saturated heterocycles.